The van der Waals surface area contributed by atoms with Crippen molar-refractivity contribution in [3.8, 4) is 5.88 Å². The number of halogens is 2. The highest BCUT2D eigenvalue weighted by molar-refractivity contribution is 6.30. The third-order valence-electron chi connectivity index (χ3n) is 3.17. The van der Waals surface area contributed by atoms with Gasteiger partial charge in [-0.2, -0.15) is 0 Å². The molecule has 0 amide bonds. The fourth-order valence-corrected chi connectivity index (χ4v) is 2.25. The second-order valence-electron chi connectivity index (χ2n) is 5.04. The van der Waals surface area contributed by atoms with Crippen LogP contribution in [0.25, 0.3) is 10.9 Å². The molecule has 0 radical (unpaired) electrons. The summed E-state index contributed by atoms with van der Waals surface area (Å²) in [5.41, 5.74) is 0.850. The van der Waals surface area contributed by atoms with Crippen LogP contribution in [0.3, 0.4) is 0 Å². The molecule has 3 rings (SSSR count). The molecule has 0 saturated heterocycles. The van der Waals surface area contributed by atoms with Gasteiger partial charge in [0.2, 0.25) is 0 Å². The standard InChI is InChI=1S/C16H14ClFN4O/c1-10(8-23-16-13(18)6-11(17)7-19-16)22-15-12-4-2-3-5-14(12)20-9-21-15/h2-7,9-10H,8H2,1H3,(H,20,21,22). The summed E-state index contributed by atoms with van der Waals surface area (Å²) in [4.78, 5) is 12.3. The Balaban J connectivity index is 1.68. The van der Waals surface area contributed by atoms with Crippen LogP contribution in [0.2, 0.25) is 5.02 Å². The first-order valence-corrected chi connectivity index (χ1v) is 7.41. The Morgan fingerprint density at radius 3 is 2.91 bits per heavy atom. The van der Waals surface area contributed by atoms with Crippen LogP contribution in [-0.2, 0) is 0 Å². The molecule has 5 nitrogen and oxygen atoms in total. The maximum atomic E-state index is 13.6. The smallest absolute Gasteiger partial charge is 0.250 e. The van der Waals surface area contributed by atoms with Crippen LogP contribution in [0.15, 0.2) is 42.9 Å². The molecule has 0 saturated carbocycles. The third kappa shape index (κ3) is 3.65. The number of rotatable bonds is 5. The molecule has 0 aliphatic carbocycles. The number of anilines is 1. The number of ether oxygens (including phenoxy) is 1. The monoisotopic (exact) mass is 332 g/mol. The summed E-state index contributed by atoms with van der Waals surface area (Å²) in [5.74, 6) is 0.0454. The number of nitrogens with one attached hydrogen (secondary N) is 1. The maximum Gasteiger partial charge on any atom is 0.250 e. The van der Waals surface area contributed by atoms with E-state index >= 15 is 0 Å². The molecule has 0 bridgehead atoms. The van der Waals surface area contributed by atoms with Crippen molar-refractivity contribution < 1.29 is 9.13 Å². The fourth-order valence-electron chi connectivity index (χ4n) is 2.11. The number of para-hydroxylation sites is 1. The zero-order valence-corrected chi connectivity index (χ0v) is 13.1. The number of nitrogens with zero attached hydrogens (tertiary/aromatic N) is 3. The summed E-state index contributed by atoms with van der Waals surface area (Å²) in [6.07, 6.45) is 2.84. The highest BCUT2D eigenvalue weighted by Crippen LogP contribution is 2.20. The van der Waals surface area contributed by atoms with Crippen LogP contribution in [-0.4, -0.2) is 27.6 Å². The molecule has 3 aromatic rings. The number of fused-ring (bicyclic) bond motifs is 1. The number of aromatic nitrogens is 3. The van der Waals surface area contributed by atoms with E-state index in [0.717, 1.165) is 10.9 Å². The first kappa shape index (κ1) is 15.4. The van der Waals surface area contributed by atoms with Gasteiger partial charge in [0, 0.05) is 11.6 Å². The third-order valence-corrected chi connectivity index (χ3v) is 3.38. The molecular weight excluding hydrogens is 319 g/mol. The Bertz CT molecular complexity index is 825. The zero-order valence-electron chi connectivity index (χ0n) is 12.3. The molecule has 1 unspecified atom stereocenters. The van der Waals surface area contributed by atoms with Crippen LogP contribution in [0.4, 0.5) is 10.2 Å². The Kier molecular flexibility index (Phi) is 4.52. The van der Waals surface area contributed by atoms with Crippen molar-refractivity contribution in [2.24, 2.45) is 0 Å². The maximum absolute atomic E-state index is 13.6. The van der Waals surface area contributed by atoms with Gasteiger partial charge in [-0.05, 0) is 25.1 Å². The van der Waals surface area contributed by atoms with Crippen molar-refractivity contribution in [1.29, 1.82) is 0 Å². The minimum atomic E-state index is -0.586. The van der Waals surface area contributed by atoms with E-state index in [1.165, 1.54) is 18.6 Å². The normalized spacial score (nSPS) is 12.1. The summed E-state index contributed by atoms with van der Waals surface area (Å²) in [6, 6.07) is 8.75. The molecule has 0 aliphatic heterocycles. The average molecular weight is 333 g/mol. The first-order chi connectivity index (χ1) is 11.1. The minimum absolute atomic E-state index is 0.0735. The van der Waals surface area contributed by atoms with E-state index in [9.17, 15) is 4.39 Å². The predicted octanol–water partition coefficient (Wildman–Crippen LogP) is 3.70. The van der Waals surface area contributed by atoms with E-state index < -0.39 is 5.82 Å². The van der Waals surface area contributed by atoms with Gasteiger partial charge < -0.3 is 10.1 Å². The second kappa shape index (κ2) is 6.75. The van der Waals surface area contributed by atoms with Gasteiger partial charge in [-0.1, -0.05) is 23.7 Å². The average Bonchev–Trinajstić information content (AvgIpc) is 2.54. The lowest BCUT2D eigenvalue weighted by atomic mass is 10.2. The zero-order chi connectivity index (χ0) is 16.2. The molecule has 0 aliphatic rings. The van der Waals surface area contributed by atoms with E-state index in [4.69, 9.17) is 16.3 Å². The lowest BCUT2D eigenvalue weighted by Crippen LogP contribution is -2.24. The molecule has 0 spiro atoms. The van der Waals surface area contributed by atoms with Crippen LogP contribution >= 0.6 is 11.6 Å². The summed E-state index contributed by atoms with van der Waals surface area (Å²) in [6.45, 7) is 2.13. The highest BCUT2D eigenvalue weighted by Gasteiger charge is 2.11. The number of benzene rings is 1. The number of hydrogen-bond donors (Lipinski definition) is 1. The number of pyridine rings is 1. The predicted molar refractivity (Wildman–Crippen MR) is 87.3 cm³/mol. The van der Waals surface area contributed by atoms with Crippen molar-refractivity contribution in [3.63, 3.8) is 0 Å². The van der Waals surface area contributed by atoms with Crippen molar-refractivity contribution in [1.82, 2.24) is 15.0 Å². The van der Waals surface area contributed by atoms with Crippen LogP contribution in [0.1, 0.15) is 6.92 Å². The van der Waals surface area contributed by atoms with Crippen LogP contribution < -0.4 is 10.1 Å². The van der Waals surface area contributed by atoms with Gasteiger partial charge >= 0.3 is 0 Å². The summed E-state index contributed by atoms with van der Waals surface area (Å²) in [5, 5.41) is 4.38. The number of hydrogen-bond acceptors (Lipinski definition) is 5. The molecule has 23 heavy (non-hydrogen) atoms. The Labute approximate surface area is 137 Å². The van der Waals surface area contributed by atoms with Crippen LogP contribution in [0, 0.1) is 5.82 Å². The summed E-state index contributed by atoms with van der Waals surface area (Å²) >= 11 is 5.66. The Hall–Kier alpha value is -2.47. The molecule has 7 heteroatoms. The summed E-state index contributed by atoms with van der Waals surface area (Å²) < 4.78 is 19.0. The molecule has 1 N–H and O–H groups in total. The van der Waals surface area contributed by atoms with Gasteiger partial charge in [0.25, 0.3) is 5.88 Å². The Morgan fingerprint density at radius 2 is 2.09 bits per heavy atom. The quantitative estimate of drug-likeness (QED) is 0.772. The first-order valence-electron chi connectivity index (χ1n) is 7.03. The van der Waals surface area contributed by atoms with Gasteiger partial charge in [-0.15, -0.1) is 0 Å². The summed E-state index contributed by atoms with van der Waals surface area (Å²) in [7, 11) is 0. The molecule has 1 atom stereocenters. The van der Waals surface area contributed by atoms with E-state index in [-0.39, 0.29) is 23.6 Å². The van der Waals surface area contributed by atoms with Crippen molar-refractivity contribution in [3.05, 3.63) is 53.7 Å². The minimum Gasteiger partial charge on any atom is -0.473 e. The van der Waals surface area contributed by atoms with Crippen molar-refractivity contribution in [2.45, 2.75) is 13.0 Å². The lowest BCUT2D eigenvalue weighted by Gasteiger charge is -2.16. The van der Waals surface area contributed by atoms with Crippen molar-refractivity contribution >= 4 is 28.3 Å². The van der Waals surface area contributed by atoms with Crippen LogP contribution in [0.5, 0.6) is 5.88 Å². The van der Waals surface area contributed by atoms with E-state index in [1.807, 2.05) is 31.2 Å². The van der Waals surface area contributed by atoms with Gasteiger partial charge in [-0.25, -0.2) is 19.3 Å². The van der Waals surface area contributed by atoms with Crippen molar-refractivity contribution in [2.75, 3.05) is 11.9 Å². The molecule has 0 fully saturated rings. The molecular formula is C16H14ClFN4O. The van der Waals surface area contributed by atoms with E-state index in [1.54, 1.807) is 0 Å². The van der Waals surface area contributed by atoms with Gasteiger partial charge in [0.05, 0.1) is 16.6 Å². The lowest BCUT2D eigenvalue weighted by molar-refractivity contribution is 0.277. The van der Waals surface area contributed by atoms with E-state index in [0.29, 0.717) is 5.82 Å². The fraction of sp³-hybridized carbons (Fsp3) is 0.188. The van der Waals surface area contributed by atoms with Gasteiger partial charge in [0.15, 0.2) is 5.82 Å². The van der Waals surface area contributed by atoms with Gasteiger partial charge in [-0.3, -0.25) is 0 Å². The Morgan fingerprint density at radius 1 is 1.26 bits per heavy atom. The molecule has 118 valence electrons. The molecule has 1 aromatic carbocycles. The van der Waals surface area contributed by atoms with E-state index in [2.05, 4.69) is 20.3 Å². The molecule has 2 heterocycles. The largest absolute Gasteiger partial charge is 0.473 e. The second-order valence-corrected chi connectivity index (χ2v) is 5.47. The topological polar surface area (TPSA) is 59.9 Å². The molecule has 2 aromatic heterocycles. The van der Waals surface area contributed by atoms with Gasteiger partial charge in [0.1, 0.15) is 18.8 Å². The SMILES string of the molecule is CC(COc1ncc(Cl)cc1F)Nc1ncnc2ccccc12. The highest BCUT2D eigenvalue weighted by atomic mass is 35.5.